The van der Waals surface area contributed by atoms with Crippen molar-refractivity contribution in [1.29, 1.82) is 0 Å². The van der Waals surface area contributed by atoms with Crippen LogP contribution in [0.5, 0.6) is 0 Å². The number of hydrogen-bond donors (Lipinski definition) is 1. The van der Waals surface area contributed by atoms with Gasteiger partial charge in [-0.2, -0.15) is 0 Å². The van der Waals surface area contributed by atoms with E-state index in [2.05, 4.69) is 59.2 Å². The minimum absolute atomic E-state index is 0.214. The van der Waals surface area contributed by atoms with Gasteiger partial charge in [0.05, 0.1) is 3.79 Å². The summed E-state index contributed by atoms with van der Waals surface area (Å²) in [4.78, 5) is 4.12. The molecule has 1 aliphatic rings. The molecule has 1 atom stereocenters. The van der Waals surface area contributed by atoms with E-state index in [1.165, 1.54) is 41.0 Å². The van der Waals surface area contributed by atoms with E-state index in [4.69, 9.17) is 0 Å². The topological polar surface area (TPSA) is 15.3 Å². The Labute approximate surface area is 129 Å². The molecule has 0 spiro atoms. The largest absolute Gasteiger partial charge is 0.315 e. The first kappa shape index (κ1) is 15.5. The van der Waals surface area contributed by atoms with E-state index in [-0.39, 0.29) is 5.54 Å². The molecule has 1 fully saturated rings. The molecular weight excluding hydrogens is 320 g/mol. The van der Waals surface area contributed by atoms with Gasteiger partial charge in [-0.15, -0.1) is 11.3 Å². The predicted octanol–water partition coefficient (Wildman–Crippen LogP) is 3.91. The number of piperidine rings is 1. The molecule has 1 saturated heterocycles. The van der Waals surface area contributed by atoms with Crippen LogP contribution in [-0.2, 0) is 6.42 Å². The zero-order chi connectivity index (χ0) is 13.9. The van der Waals surface area contributed by atoms with Gasteiger partial charge >= 0.3 is 0 Å². The predicted molar refractivity (Wildman–Crippen MR) is 88.1 cm³/mol. The van der Waals surface area contributed by atoms with Crippen molar-refractivity contribution in [3.63, 3.8) is 0 Å². The van der Waals surface area contributed by atoms with Crippen molar-refractivity contribution in [2.75, 3.05) is 20.1 Å². The molecule has 19 heavy (non-hydrogen) atoms. The highest BCUT2D eigenvalue weighted by atomic mass is 79.9. The van der Waals surface area contributed by atoms with Crippen molar-refractivity contribution >= 4 is 27.3 Å². The third-order valence-electron chi connectivity index (χ3n) is 4.41. The Hall–Kier alpha value is 0.1000. The molecule has 2 nitrogen and oxygen atoms in total. The molecule has 1 aliphatic heterocycles. The van der Waals surface area contributed by atoms with E-state index in [0.717, 1.165) is 6.42 Å². The molecule has 0 radical (unpaired) electrons. The highest BCUT2D eigenvalue weighted by Gasteiger charge is 2.35. The maximum absolute atomic E-state index is 3.56. The molecule has 0 bridgehead atoms. The standard InChI is InChI=1S/C15H25BrN2S/c1-15(2,18-9-5-4-6-10-18)13(17-3)11-12-7-8-14(16)19-12/h7-8,13,17H,4-6,9-11H2,1-3H3. The zero-order valence-electron chi connectivity index (χ0n) is 12.2. The van der Waals surface area contributed by atoms with E-state index >= 15 is 0 Å². The smallest absolute Gasteiger partial charge is 0.0701 e. The lowest BCUT2D eigenvalue weighted by atomic mass is 9.87. The maximum atomic E-state index is 3.56. The van der Waals surface area contributed by atoms with Crippen molar-refractivity contribution in [3.05, 3.63) is 20.8 Å². The first-order valence-electron chi connectivity index (χ1n) is 7.20. The molecule has 0 saturated carbocycles. The van der Waals surface area contributed by atoms with Crippen molar-refractivity contribution in [1.82, 2.24) is 10.2 Å². The molecule has 4 heteroatoms. The SMILES string of the molecule is CNC(Cc1ccc(Br)s1)C(C)(C)N1CCCCC1. The number of likely N-dealkylation sites (tertiary alicyclic amines) is 1. The Balaban J connectivity index is 2.06. The van der Waals surface area contributed by atoms with Gasteiger partial charge in [-0.05, 0) is 81.3 Å². The second-order valence-electron chi connectivity index (χ2n) is 5.95. The molecular formula is C15H25BrN2S. The van der Waals surface area contributed by atoms with Crippen molar-refractivity contribution in [3.8, 4) is 0 Å². The van der Waals surface area contributed by atoms with Crippen LogP contribution in [0, 0.1) is 0 Å². The summed E-state index contributed by atoms with van der Waals surface area (Å²) in [6, 6.07) is 4.89. The van der Waals surface area contributed by atoms with E-state index < -0.39 is 0 Å². The lowest BCUT2D eigenvalue weighted by Crippen LogP contribution is -2.59. The average molecular weight is 345 g/mol. The Kier molecular flexibility index (Phi) is 5.46. The van der Waals surface area contributed by atoms with Crippen LogP contribution in [0.15, 0.2) is 15.9 Å². The summed E-state index contributed by atoms with van der Waals surface area (Å²) in [6.45, 7) is 7.28. The van der Waals surface area contributed by atoms with E-state index in [1.807, 2.05) is 11.3 Å². The van der Waals surface area contributed by atoms with Crippen LogP contribution >= 0.6 is 27.3 Å². The third-order valence-corrected chi connectivity index (χ3v) is 6.05. The van der Waals surface area contributed by atoms with Crippen LogP contribution in [0.1, 0.15) is 38.0 Å². The second-order valence-corrected chi connectivity index (χ2v) is 8.50. The van der Waals surface area contributed by atoms with Crippen LogP contribution in [0.2, 0.25) is 0 Å². The molecule has 108 valence electrons. The zero-order valence-corrected chi connectivity index (χ0v) is 14.6. The normalized spacial score (nSPS) is 19.6. The Bertz CT molecular complexity index is 397. The summed E-state index contributed by atoms with van der Waals surface area (Å²) in [5.41, 5.74) is 0.214. The first-order chi connectivity index (χ1) is 9.04. The molecule has 1 N–H and O–H groups in total. The minimum Gasteiger partial charge on any atom is -0.315 e. The fourth-order valence-electron chi connectivity index (χ4n) is 3.06. The fraction of sp³-hybridized carbons (Fsp3) is 0.733. The van der Waals surface area contributed by atoms with Crippen molar-refractivity contribution in [2.45, 2.75) is 51.1 Å². The minimum atomic E-state index is 0.214. The van der Waals surface area contributed by atoms with Gasteiger partial charge in [0.25, 0.3) is 0 Å². The van der Waals surface area contributed by atoms with Crippen LogP contribution in [0.4, 0.5) is 0 Å². The van der Waals surface area contributed by atoms with Gasteiger partial charge in [0, 0.05) is 16.5 Å². The Morgan fingerprint density at radius 1 is 1.32 bits per heavy atom. The van der Waals surface area contributed by atoms with Gasteiger partial charge in [0.1, 0.15) is 0 Å². The van der Waals surface area contributed by atoms with Crippen LogP contribution < -0.4 is 5.32 Å². The summed E-state index contributed by atoms with van der Waals surface area (Å²) in [7, 11) is 2.10. The fourth-order valence-corrected chi connectivity index (χ4v) is 4.59. The van der Waals surface area contributed by atoms with Gasteiger partial charge in [0.15, 0.2) is 0 Å². The third kappa shape index (κ3) is 3.81. The average Bonchev–Trinajstić information content (AvgIpc) is 2.82. The van der Waals surface area contributed by atoms with Gasteiger partial charge < -0.3 is 5.32 Å². The summed E-state index contributed by atoms with van der Waals surface area (Å²) in [5.74, 6) is 0. The molecule has 0 aliphatic carbocycles. The summed E-state index contributed by atoms with van der Waals surface area (Å²) in [5, 5.41) is 3.55. The molecule has 0 aromatic carbocycles. The maximum Gasteiger partial charge on any atom is 0.0701 e. The molecule has 1 aromatic heterocycles. The summed E-state index contributed by atoms with van der Waals surface area (Å²) >= 11 is 5.41. The summed E-state index contributed by atoms with van der Waals surface area (Å²) < 4.78 is 1.23. The van der Waals surface area contributed by atoms with Crippen molar-refractivity contribution in [2.24, 2.45) is 0 Å². The second kappa shape index (κ2) is 6.70. The highest BCUT2D eigenvalue weighted by Crippen LogP contribution is 2.29. The molecule has 1 aromatic rings. The number of nitrogens with zero attached hydrogens (tertiary/aromatic N) is 1. The number of nitrogens with one attached hydrogen (secondary N) is 1. The van der Waals surface area contributed by atoms with Crippen LogP contribution in [0.25, 0.3) is 0 Å². The number of halogens is 1. The quantitative estimate of drug-likeness (QED) is 0.871. The van der Waals surface area contributed by atoms with Gasteiger partial charge in [-0.1, -0.05) is 6.42 Å². The molecule has 2 rings (SSSR count). The molecule has 0 amide bonds. The van der Waals surface area contributed by atoms with Gasteiger partial charge in [0.2, 0.25) is 0 Å². The monoisotopic (exact) mass is 344 g/mol. The Morgan fingerprint density at radius 2 is 2.00 bits per heavy atom. The number of hydrogen-bond acceptors (Lipinski definition) is 3. The van der Waals surface area contributed by atoms with E-state index in [1.54, 1.807) is 0 Å². The van der Waals surface area contributed by atoms with Crippen LogP contribution in [-0.4, -0.2) is 36.6 Å². The van der Waals surface area contributed by atoms with Crippen molar-refractivity contribution < 1.29 is 0 Å². The Morgan fingerprint density at radius 3 is 2.53 bits per heavy atom. The molecule has 1 unspecified atom stereocenters. The van der Waals surface area contributed by atoms with E-state index in [0.29, 0.717) is 6.04 Å². The number of thiophene rings is 1. The highest BCUT2D eigenvalue weighted by molar-refractivity contribution is 9.11. The lowest BCUT2D eigenvalue weighted by Gasteiger charge is -2.46. The lowest BCUT2D eigenvalue weighted by molar-refractivity contribution is 0.0638. The van der Waals surface area contributed by atoms with Gasteiger partial charge in [-0.3, -0.25) is 4.90 Å². The molecule has 2 heterocycles. The number of likely N-dealkylation sites (N-methyl/N-ethyl adjacent to an activating group) is 1. The first-order valence-corrected chi connectivity index (χ1v) is 8.81. The summed E-state index contributed by atoms with van der Waals surface area (Å²) in [6.07, 6.45) is 5.21. The van der Waals surface area contributed by atoms with Crippen LogP contribution in [0.3, 0.4) is 0 Å². The number of rotatable bonds is 5. The van der Waals surface area contributed by atoms with E-state index in [9.17, 15) is 0 Å². The van der Waals surface area contributed by atoms with Gasteiger partial charge in [-0.25, -0.2) is 0 Å².